The second kappa shape index (κ2) is 8.45. The van der Waals surface area contributed by atoms with Crippen LogP contribution in [0.25, 0.3) is 0 Å². The molecule has 1 aromatic rings. The maximum absolute atomic E-state index is 12.5. The molecule has 6 heteroatoms. The van der Waals surface area contributed by atoms with Crippen molar-refractivity contribution >= 4 is 17.5 Å². The third-order valence-electron chi connectivity index (χ3n) is 4.98. The van der Waals surface area contributed by atoms with Gasteiger partial charge in [-0.25, -0.2) is 0 Å². The van der Waals surface area contributed by atoms with E-state index in [9.17, 15) is 9.59 Å². The zero-order valence-electron chi connectivity index (χ0n) is 14.9. The molecule has 0 spiro atoms. The summed E-state index contributed by atoms with van der Waals surface area (Å²) >= 11 is 0. The number of hydrogen-bond donors (Lipinski definition) is 1. The Balaban J connectivity index is 1.49. The number of carbonyl (C=O) groups is 2. The van der Waals surface area contributed by atoms with Gasteiger partial charge in [0.15, 0.2) is 0 Å². The number of hydrogen-bond acceptors (Lipinski definition) is 4. The lowest BCUT2D eigenvalue weighted by atomic mass is 10.1. The molecule has 25 heavy (non-hydrogen) atoms. The van der Waals surface area contributed by atoms with Gasteiger partial charge in [0, 0.05) is 44.8 Å². The number of benzene rings is 1. The SMILES string of the molecule is CCc1cccc(NC(=O)C2CC(=O)N(CCN3CCOCC3)C2)c1. The lowest BCUT2D eigenvalue weighted by Crippen LogP contribution is -2.42. The van der Waals surface area contributed by atoms with Crippen LogP contribution in [0.1, 0.15) is 18.9 Å². The quantitative estimate of drug-likeness (QED) is 0.846. The molecule has 0 bridgehead atoms. The Bertz CT molecular complexity index is 614. The lowest BCUT2D eigenvalue weighted by molar-refractivity contribution is -0.128. The summed E-state index contributed by atoms with van der Waals surface area (Å²) in [6, 6.07) is 7.87. The Morgan fingerprint density at radius 3 is 2.84 bits per heavy atom. The van der Waals surface area contributed by atoms with Crippen LogP contribution < -0.4 is 5.32 Å². The van der Waals surface area contributed by atoms with Crippen molar-refractivity contribution in [3.05, 3.63) is 29.8 Å². The zero-order chi connectivity index (χ0) is 17.6. The van der Waals surface area contributed by atoms with Gasteiger partial charge >= 0.3 is 0 Å². The fraction of sp³-hybridized carbons (Fsp3) is 0.579. The highest BCUT2D eigenvalue weighted by molar-refractivity contribution is 5.97. The van der Waals surface area contributed by atoms with Crippen LogP contribution in [-0.4, -0.2) is 67.6 Å². The van der Waals surface area contributed by atoms with E-state index in [0.29, 0.717) is 19.5 Å². The van der Waals surface area contributed by atoms with E-state index in [0.717, 1.165) is 45.0 Å². The average molecular weight is 345 g/mol. The van der Waals surface area contributed by atoms with Crippen molar-refractivity contribution < 1.29 is 14.3 Å². The number of rotatable bonds is 6. The minimum atomic E-state index is -0.262. The third-order valence-corrected chi connectivity index (χ3v) is 4.98. The summed E-state index contributed by atoms with van der Waals surface area (Å²) in [7, 11) is 0. The molecule has 0 saturated carbocycles. The Labute approximate surface area is 149 Å². The number of nitrogens with zero attached hydrogens (tertiary/aromatic N) is 2. The summed E-state index contributed by atoms with van der Waals surface area (Å²) < 4.78 is 5.34. The first-order chi connectivity index (χ1) is 12.2. The molecule has 1 aromatic carbocycles. The number of anilines is 1. The molecule has 2 aliphatic rings. The van der Waals surface area contributed by atoms with Crippen molar-refractivity contribution in [1.29, 1.82) is 0 Å². The largest absolute Gasteiger partial charge is 0.379 e. The molecule has 6 nitrogen and oxygen atoms in total. The van der Waals surface area contributed by atoms with Crippen LogP contribution in [0.3, 0.4) is 0 Å². The number of morpholine rings is 1. The highest BCUT2D eigenvalue weighted by Gasteiger charge is 2.34. The molecule has 2 heterocycles. The van der Waals surface area contributed by atoms with Crippen LogP contribution in [-0.2, 0) is 20.7 Å². The minimum Gasteiger partial charge on any atom is -0.379 e. The van der Waals surface area contributed by atoms with Crippen molar-refractivity contribution in [2.24, 2.45) is 5.92 Å². The maximum Gasteiger partial charge on any atom is 0.229 e. The van der Waals surface area contributed by atoms with Crippen molar-refractivity contribution in [3.63, 3.8) is 0 Å². The Morgan fingerprint density at radius 2 is 2.08 bits per heavy atom. The first kappa shape index (κ1) is 17.9. The molecule has 2 aliphatic heterocycles. The van der Waals surface area contributed by atoms with E-state index in [4.69, 9.17) is 4.74 Å². The molecule has 1 N–H and O–H groups in total. The first-order valence-corrected chi connectivity index (χ1v) is 9.13. The first-order valence-electron chi connectivity index (χ1n) is 9.13. The van der Waals surface area contributed by atoms with Crippen molar-refractivity contribution in [1.82, 2.24) is 9.80 Å². The van der Waals surface area contributed by atoms with Crippen molar-refractivity contribution in [2.45, 2.75) is 19.8 Å². The zero-order valence-corrected chi connectivity index (χ0v) is 14.9. The van der Waals surface area contributed by atoms with E-state index in [2.05, 4.69) is 17.1 Å². The number of nitrogens with one attached hydrogen (secondary N) is 1. The molecule has 2 saturated heterocycles. The van der Waals surface area contributed by atoms with Crippen LogP contribution in [0.4, 0.5) is 5.69 Å². The van der Waals surface area contributed by atoms with E-state index >= 15 is 0 Å². The highest BCUT2D eigenvalue weighted by Crippen LogP contribution is 2.20. The molecule has 2 fully saturated rings. The molecule has 2 amide bonds. The van der Waals surface area contributed by atoms with Crippen LogP contribution in [0.15, 0.2) is 24.3 Å². The summed E-state index contributed by atoms with van der Waals surface area (Å²) in [6.45, 7) is 7.49. The van der Waals surface area contributed by atoms with Crippen molar-refractivity contribution in [2.75, 3.05) is 51.3 Å². The number of likely N-dealkylation sites (tertiary alicyclic amines) is 1. The number of amides is 2. The molecule has 1 unspecified atom stereocenters. The lowest BCUT2D eigenvalue weighted by Gasteiger charge is -2.28. The summed E-state index contributed by atoms with van der Waals surface area (Å²) in [5.41, 5.74) is 2.00. The Hall–Kier alpha value is -1.92. The summed E-state index contributed by atoms with van der Waals surface area (Å²) in [5.74, 6) is -0.242. The Kier molecular flexibility index (Phi) is 6.04. The second-order valence-electron chi connectivity index (χ2n) is 6.74. The molecule has 0 aromatic heterocycles. The summed E-state index contributed by atoms with van der Waals surface area (Å²) in [4.78, 5) is 28.8. The predicted molar refractivity (Wildman–Crippen MR) is 96.4 cm³/mol. The maximum atomic E-state index is 12.5. The molecule has 0 radical (unpaired) electrons. The van der Waals surface area contributed by atoms with Gasteiger partial charge in [0.05, 0.1) is 19.1 Å². The minimum absolute atomic E-state index is 0.0597. The smallest absolute Gasteiger partial charge is 0.229 e. The van der Waals surface area contributed by atoms with E-state index in [1.54, 1.807) is 0 Å². The van der Waals surface area contributed by atoms with Crippen LogP contribution in [0, 0.1) is 5.92 Å². The fourth-order valence-corrected chi connectivity index (χ4v) is 3.36. The molecule has 1 atom stereocenters. The van der Waals surface area contributed by atoms with Gasteiger partial charge in [-0.05, 0) is 24.1 Å². The predicted octanol–water partition coefficient (Wildman–Crippen LogP) is 1.37. The number of ether oxygens (including phenoxy) is 1. The summed E-state index contributed by atoms with van der Waals surface area (Å²) in [6.07, 6.45) is 1.24. The van der Waals surface area contributed by atoms with Gasteiger partial charge in [0.25, 0.3) is 0 Å². The van der Waals surface area contributed by atoms with Crippen LogP contribution in [0.2, 0.25) is 0 Å². The van der Waals surface area contributed by atoms with E-state index in [-0.39, 0.29) is 17.7 Å². The fourth-order valence-electron chi connectivity index (χ4n) is 3.36. The van der Waals surface area contributed by atoms with Gasteiger partial charge < -0.3 is 15.0 Å². The topological polar surface area (TPSA) is 61.9 Å². The van der Waals surface area contributed by atoms with Gasteiger partial charge in [0.1, 0.15) is 0 Å². The van der Waals surface area contributed by atoms with Gasteiger partial charge in [0.2, 0.25) is 11.8 Å². The van der Waals surface area contributed by atoms with Gasteiger partial charge in [-0.2, -0.15) is 0 Å². The molecular weight excluding hydrogens is 318 g/mol. The number of aryl methyl sites for hydroxylation is 1. The van der Waals surface area contributed by atoms with Crippen LogP contribution >= 0.6 is 0 Å². The van der Waals surface area contributed by atoms with Gasteiger partial charge in [-0.1, -0.05) is 19.1 Å². The van der Waals surface area contributed by atoms with E-state index in [1.807, 2.05) is 29.2 Å². The Morgan fingerprint density at radius 1 is 1.28 bits per heavy atom. The average Bonchev–Trinajstić information content (AvgIpc) is 3.02. The molecular formula is C19H27N3O3. The van der Waals surface area contributed by atoms with Crippen molar-refractivity contribution in [3.8, 4) is 0 Å². The molecule has 136 valence electrons. The van der Waals surface area contributed by atoms with Gasteiger partial charge in [-0.3, -0.25) is 14.5 Å². The van der Waals surface area contributed by atoms with E-state index in [1.165, 1.54) is 5.56 Å². The highest BCUT2D eigenvalue weighted by atomic mass is 16.5. The van der Waals surface area contributed by atoms with Crippen LogP contribution in [0.5, 0.6) is 0 Å². The third kappa shape index (κ3) is 4.80. The second-order valence-corrected chi connectivity index (χ2v) is 6.74. The summed E-state index contributed by atoms with van der Waals surface area (Å²) in [5, 5.41) is 2.96. The van der Waals surface area contributed by atoms with E-state index < -0.39 is 0 Å². The monoisotopic (exact) mass is 345 g/mol. The number of carbonyl (C=O) groups excluding carboxylic acids is 2. The molecule has 3 rings (SSSR count). The standard InChI is InChI=1S/C19H27N3O3/c1-2-15-4-3-5-17(12-15)20-19(24)16-13-18(23)22(14-16)7-6-21-8-10-25-11-9-21/h3-5,12,16H,2,6-11,13-14H2,1H3,(H,20,24). The molecule has 0 aliphatic carbocycles. The normalized spacial score (nSPS) is 21.6. The van der Waals surface area contributed by atoms with Gasteiger partial charge in [-0.15, -0.1) is 0 Å².